The second-order valence-corrected chi connectivity index (χ2v) is 6.43. The molecule has 0 spiro atoms. The Morgan fingerprint density at radius 3 is 2.74 bits per heavy atom. The summed E-state index contributed by atoms with van der Waals surface area (Å²) in [5.74, 6) is -0.617. The fraction of sp³-hybridized carbons (Fsp3) is 0.300. The Kier molecular flexibility index (Phi) is 6.51. The third-order valence-electron chi connectivity index (χ3n) is 4.50. The Balaban J connectivity index is 1.51. The normalized spacial score (nSPS) is 17.3. The molecular weight excluding hydrogens is 347 g/mol. The molecule has 1 aliphatic rings. The summed E-state index contributed by atoms with van der Waals surface area (Å²) in [6, 6.07) is 14.9. The van der Waals surface area contributed by atoms with Crippen LogP contribution < -0.4 is 16.0 Å². The fourth-order valence-electron chi connectivity index (χ4n) is 3.17. The largest absolute Gasteiger partial charge is 0.325 e. The average Bonchev–Trinajstić information content (AvgIpc) is 2.67. The van der Waals surface area contributed by atoms with Crippen LogP contribution in [0.3, 0.4) is 0 Å². The number of amides is 3. The quantitative estimate of drug-likeness (QED) is 0.756. The van der Waals surface area contributed by atoms with Crippen molar-refractivity contribution in [1.29, 1.82) is 0 Å². The predicted octanol–water partition coefficient (Wildman–Crippen LogP) is 2.51. The first-order valence-electron chi connectivity index (χ1n) is 8.98. The number of hydrogen-bond acceptors (Lipinski definition) is 4. The van der Waals surface area contributed by atoms with Gasteiger partial charge in [-0.2, -0.15) is 0 Å². The molecule has 0 aliphatic carbocycles. The number of anilines is 1. The van der Waals surface area contributed by atoms with E-state index >= 15 is 0 Å². The molecule has 0 aromatic heterocycles. The lowest BCUT2D eigenvalue weighted by molar-refractivity contribution is -0.120. The van der Waals surface area contributed by atoms with Crippen LogP contribution in [0.25, 0.3) is 0 Å². The van der Waals surface area contributed by atoms with Crippen LogP contribution in [0.4, 0.5) is 14.9 Å². The van der Waals surface area contributed by atoms with Gasteiger partial charge in [0.05, 0.1) is 0 Å². The molecule has 2 aromatic carbocycles. The number of hydrogen-bond donors (Lipinski definition) is 3. The van der Waals surface area contributed by atoms with Crippen molar-refractivity contribution in [3.05, 3.63) is 66.0 Å². The monoisotopic (exact) mass is 370 g/mol. The molecule has 0 saturated carbocycles. The maximum Gasteiger partial charge on any atom is 0.325 e. The van der Waals surface area contributed by atoms with Gasteiger partial charge in [-0.1, -0.05) is 30.3 Å². The number of imide groups is 1. The molecule has 3 amide bonds. The number of carbonyl (C=O) groups excluding carboxylic acids is 2. The number of piperazine rings is 1. The first-order valence-corrected chi connectivity index (χ1v) is 8.98. The van der Waals surface area contributed by atoms with Crippen molar-refractivity contribution in [2.24, 2.45) is 0 Å². The van der Waals surface area contributed by atoms with Crippen molar-refractivity contribution in [2.75, 3.05) is 31.5 Å². The highest BCUT2D eigenvalue weighted by atomic mass is 19.1. The lowest BCUT2D eigenvalue weighted by Gasteiger charge is -2.36. The number of nitrogens with zero attached hydrogens (tertiary/aromatic N) is 1. The Bertz CT molecular complexity index is 785. The zero-order valence-corrected chi connectivity index (χ0v) is 15.0. The van der Waals surface area contributed by atoms with E-state index in [9.17, 15) is 14.0 Å². The molecule has 6 nitrogen and oxygen atoms in total. The van der Waals surface area contributed by atoms with E-state index in [1.165, 1.54) is 12.1 Å². The molecule has 3 N–H and O–H groups in total. The van der Waals surface area contributed by atoms with Crippen LogP contribution in [-0.2, 0) is 4.79 Å². The van der Waals surface area contributed by atoms with Gasteiger partial charge in [-0.05, 0) is 29.8 Å². The molecule has 2 aromatic rings. The van der Waals surface area contributed by atoms with Gasteiger partial charge < -0.3 is 10.6 Å². The molecular formula is C20H23FN4O2. The first-order chi connectivity index (χ1) is 13.1. The van der Waals surface area contributed by atoms with Crippen LogP contribution in [0.5, 0.6) is 0 Å². The number of rotatable bonds is 5. The van der Waals surface area contributed by atoms with Crippen molar-refractivity contribution in [3.8, 4) is 0 Å². The second kappa shape index (κ2) is 9.25. The van der Waals surface area contributed by atoms with Crippen molar-refractivity contribution < 1.29 is 14.0 Å². The Morgan fingerprint density at radius 2 is 1.96 bits per heavy atom. The molecule has 1 heterocycles. The van der Waals surface area contributed by atoms with Crippen LogP contribution >= 0.6 is 0 Å². The van der Waals surface area contributed by atoms with Gasteiger partial charge in [0, 0.05) is 44.3 Å². The van der Waals surface area contributed by atoms with Crippen LogP contribution in [-0.4, -0.2) is 43.0 Å². The van der Waals surface area contributed by atoms with Crippen molar-refractivity contribution in [2.45, 2.75) is 12.5 Å². The summed E-state index contributed by atoms with van der Waals surface area (Å²) in [5.41, 5.74) is 1.50. The van der Waals surface area contributed by atoms with E-state index in [0.29, 0.717) is 18.8 Å². The van der Waals surface area contributed by atoms with Crippen LogP contribution in [0.1, 0.15) is 18.0 Å². The van der Waals surface area contributed by atoms with E-state index in [1.54, 1.807) is 30.3 Å². The summed E-state index contributed by atoms with van der Waals surface area (Å²) in [5, 5.41) is 8.26. The van der Waals surface area contributed by atoms with Crippen molar-refractivity contribution in [3.63, 3.8) is 0 Å². The number of para-hydroxylation sites is 1. The SMILES string of the molecule is O=C(CCN1CCNCC1c1cccc(F)c1)NC(=O)Nc1ccccc1. The highest BCUT2D eigenvalue weighted by Gasteiger charge is 2.24. The summed E-state index contributed by atoms with van der Waals surface area (Å²) in [4.78, 5) is 26.1. The lowest BCUT2D eigenvalue weighted by atomic mass is 10.0. The summed E-state index contributed by atoms with van der Waals surface area (Å²) in [6.07, 6.45) is 0.189. The van der Waals surface area contributed by atoms with Gasteiger partial charge in [0.15, 0.2) is 0 Å². The lowest BCUT2D eigenvalue weighted by Crippen LogP contribution is -2.47. The topological polar surface area (TPSA) is 73.5 Å². The molecule has 1 saturated heterocycles. The molecule has 0 bridgehead atoms. The first kappa shape index (κ1) is 19.0. The van der Waals surface area contributed by atoms with E-state index in [0.717, 1.165) is 18.7 Å². The van der Waals surface area contributed by atoms with E-state index in [2.05, 4.69) is 20.9 Å². The molecule has 1 aliphatic heterocycles. The second-order valence-electron chi connectivity index (χ2n) is 6.43. The molecule has 27 heavy (non-hydrogen) atoms. The summed E-state index contributed by atoms with van der Waals surface area (Å²) in [7, 11) is 0. The zero-order valence-electron chi connectivity index (χ0n) is 15.0. The summed E-state index contributed by atoms with van der Waals surface area (Å²) in [6.45, 7) is 2.75. The maximum atomic E-state index is 13.5. The minimum Gasteiger partial charge on any atom is -0.314 e. The summed E-state index contributed by atoms with van der Waals surface area (Å²) >= 11 is 0. The third kappa shape index (κ3) is 5.60. The maximum absolute atomic E-state index is 13.5. The van der Waals surface area contributed by atoms with Crippen LogP contribution in [0.2, 0.25) is 0 Å². The molecule has 7 heteroatoms. The Morgan fingerprint density at radius 1 is 1.15 bits per heavy atom. The molecule has 3 rings (SSSR count). The van der Waals surface area contributed by atoms with Crippen LogP contribution in [0, 0.1) is 5.82 Å². The predicted molar refractivity (Wildman–Crippen MR) is 102 cm³/mol. The fourth-order valence-corrected chi connectivity index (χ4v) is 3.17. The van der Waals surface area contributed by atoms with Gasteiger partial charge in [-0.3, -0.25) is 15.0 Å². The van der Waals surface area contributed by atoms with Crippen molar-refractivity contribution in [1.82, 2.24) is 15.5 Å². The van der Waals surface area contributed by atoms with Crippen molar-refractivity contribution >= 4 is 17.6 Å². The molecule has 0 radical (unpaired) electrons. The average molecular weight is 370 g/mol. The number of halogens is 1. The molecule has 1 atom stereocenters. The minimum atomic E-state index is -0.548. The minimum absolute atomic E-state index is 0.000366. The van der Waals surface area contributed by atoms with Gasteiger partial charge in [-0.25, -0.2) is 9.18 Å². The van der Waals surface area contributed by atoms with Gasteiger partial charge in [0.2, 0.25) is 5.91 Å². The highest BCUT2D eigenvalue weighted by Crippen LogP contribution is 2.22. The van der Waals surface area contributed by atoms with Gasteiger partial charge in [0.1, 0.15) is 5.82 Å². The molecule has 142 valence electrons. The molecule has 1 fully saturated rings. The van der Waals surface area contributed by atoms with E-state index in [1.807, 2.05) is 12.1 Å². The summed E-state index contributed by atoms with van der Waals surface area (Å²) < 4.78 is 13.5. The molecule has 1 unspecified atom stereocenters. The standard InChI is InChI=1S/C20H23FN4O2/c21-16-6-4-5-15(13-16)18-14-22-10-12-25(18)11-9-19(26)24-20(27)23-17-7-2-1-3-8-17/h1-8,13,18,22H,9-12,14H2,(H2,23,24,26,27). The Hall–Kier alpha value is -2.77. The number of carbonyl (C=O) groups is 2. The van der Waals surface area contributed by atoms with E-state index < -0.39 is 6.03 Å². The van der Waals surface area contributed by atoms with E-state index in [-0.39, 0.29) is 24.2 Å². The number of benzene rings is 2. The van der Waals surface area contributed by atoms with Gasteiger partial charge >= 0.3 is 6.03 Å². The Labute approximate surface area is 157 Å². The highest BCUT2D eigenvalue weighted by molar-refractivity contribution is 6.01. The number of nitrogens with one attached hydrogen (secondary N) is 3. The van der Waals surface area contributed by atoms with Gasteiger partial charge in [-0.15, -0.1) is 0 Å². The van der Waals surface area contributed by atoms with Crippen LogP contribution in [0.15, 0.2) is 54.6 Å². The third-order valence-corrected chi connectivity index (χ3v) is 4.50. The smallest absolute Gasteiger partial charge is 0.314 e. The zero-order chi connectivity index (χ0) is 19.1. The van der Waals surface area contributed by atoms with Gasteiger partial charge in [0.25, 0.3) is 0 Å². The van der Waals surface area contributed by atoms with E-state index in [4.69, 9.17) is 0 Å². The number of urea groups is 1.